The maximum absolute atomic E-state index is 12.5. The SMILES string of the molecule is CC(C)CN(C(=O)c1ccc(C#CCO)cc1)C1CC1. The monoisotopic (exact) mass is 271 g/mol. The summed E-state index contributed by atoms with van der Waals surface area (Å²) < 4.78 is 0. The zero-order valence-electron chi connectivity index (χ0n) is 12.1. The standard InChI is InChI=1S/C17H21NO2/c1-13(2)12-18(16-9-10-16)17(20)15-7-5-14(6-8-15)4-3-11-19/h5-8,13,16,19H,9-12H2,1-2H3. The van der Waals surface area contributed by atoms with Gasteiger partial charge in [-0.25, -0.2) is 0 Å². The zero-order valence-corrected chi connectivity index (χ0v) is 12.1. The Morgan fingerprint density at radius 1 is 1.35 bits per heavy atom. The van der Waals surface area contributed by atoms with Crippen molar-refractivity contribution in [3.8, 4) is 11.8 Å². The van der Waals surface area contributed by atoms with Gasteiger partial charge in [0.05, 0.1) is 0 Å². The number of aliphatic hydroxyl groups is 1. The average molecular weight is 271 g/mol. The number of hydrogen-bond acceptors (Lipinski definition) is 2. The van der Waals surface area contributed by atoms with Crippen LogP contribution in [-0.4, -0.2) is 35.1 Å². The fraction of sp³-hybridized carbons (Fsp3) is 0.471. The van der Waals surface area contributed by atoms with Crippen LogP contribution in [0.5, 0.6) is 0 Å². The van der Waals surface area contributed by atoms with E-state index in [1.54, 1.807) is 0 Å². The second-order valence-electron chi connectivity index (χ2n) is 5.62. The highest BCUT2D eigenvalue weighted by molar-refractivity contribution is 5.94. The first-order chi connectivity index (χ1) is 9.61. The highest BCUT2D eigenvalue weighted by Crippen LogP contribution is 2.29. The summed E-state index contributed by atoms with van der Waals surface area (Å²) in [5.41, 5.74) is 1.53. The largest absolute Gasteiger partial charge is 0.384 e. The van der Waals surface area contributed by atoms with Gasteiger partial charge in [-0.15, -0.1) is 0 Å². The molecule has 1 aliphatic rings. The van der Waals surface area contributed by atoms with Crippen molar-refractivity contribution >= 4 is 5.91 Å². The van der Waals surface area contributed by atoms with Crippen molar-refractivity contribution in [1.29, 1.82) is 0 Å². The molecule has 1 N–H and O–H groups in total. The van der Waals surface area contributed by atoms with Crippen molar-refractivity contribution in [3.05, 3.63) is 35.4 Å². The summed E-state index contributed by atoms with van der Waals surface area (Å²) in [5, 5.41) is 8.66. The minimum Gasteiger partial charge on any atom is -0.384 e. The van der Waals surface area contributed by atoms with Crippen LogP contribution < -0.4 is 0 Å². The van der Waals surface area contributed by atoms with E-state index in [9.17, 15) is 4.79 Å². The normalized spacial score (nSPS) is 13.8. The number of benzene rings is 1. The molecule has 1 aromatic carbocycles. The summed E-state index contributed by atoms with van der Waals surface area (Å²) in [6.07, 6.45) is 2.25. The lowest BCUT2D eigenvalue weighted by Gasteiger charge is -2.24. The van der Waals surface area contributed by atoms with Gasteiger partial charge in [0.25, 0.3) is 5.91 Å². The minimum absolute atomic E-state index is 0.114. The third-order valence-corrected chi connectivity index (χ3v) is 3.25. The summed E-state index contributed by atoms with van der Waals surface area (Å²) in [5.74, 6) is 6.03. The molecule has 0 aliphatic heterocycles. The zero-order chi connectivity index (χ0) is 14.5. The molecular formula is C17H21NO2. The van der Waals surface area contributed by atoms with E-state index in [1.165, 1.54) is 0 Å². The highest BCUT2D eigenvalue weighted by atomic mass is 16.2. The number of carbonyl (C=O) groups excluding carboxylic acids is 1. The molecule has 20 heavy (non-hydrogen) atoms. The minimum atomic E-state index is -0.148. The van der Waals surface area contributed by atoms with Crippen molar-refractivity contribution in [2.45, 2.75) is 32.7 Å². The Hall–Kier alpha value is -1.79. The van der Waals surface area contributed by atoms with Crippen LogP contribution >= 0.6 is 0 Å². The number of aliphatic hydroxyl groups excluding tert-OH is 1. The predicted molar refractivity (Wildman–Crippen MR) is 79.3 cm³/mol. The van der Waals surface area contributed by atoms with Crippen LogP contribution in [0.1, 0.15) is 42.6 Å². The molecule has 3 heteroatoms. The third kappa shape index (κ3) is 3.85. The summed E-state index contributed by atoms with van der Waals surface area (Å²) in [7, 11) is 0. The lowest BCUT2D eigenvalue weighted by atomic mass is 10.1. The Morgan fingerprint density at radius 2 is 2.00 bits per heavy atom. The van der Waals surface area contributed by atoms with Crippen LogP contribution in [0.2, 0.25) is 0 Å². The molecule has 0 atom stereocenters. The molecule has 1 fully saturated rings. The number of hydrogen-bond donors (Lipinski definition) is 1. The van der Waals surface area contributed by atoms with Crippen LogP contribution in [0.15, 0.2) is 24.3 Å². The van der Waals surface area contributed by atoms with E-state index in [1.807, 2.05) is 29.2 Å². The van der Waals surface area contributed by atoms with Gasteiger partial charge in [-0.3, -0.25) is 4.79 Å². The Kier molecular flexibility index (Phi) is 4.81. The Morgan fingerprint density at radius 3 is 2.50 bits per heavy atom. The van der Waals surface area contributed by atoms with Gasteiger partial charge in [0.15, 0.2) is 0 Å². The van der Waals surface area contributed by atoms with E-state index < -0.39 is 0 Å². The van der Waals surface area contributed by atoms with Gasteiger partial charge in [-0.1, -0.05) is 25.7 Å². The lowest BCUT2D eigenvalue weighted by Crippen LogP contribution is -2.36. The molecule has 0 spiro atoms. The molecule has 0 bridgehead atoms. The fourth-order valence-corrected chi connectivity index (χ4v) is 2.18. The van der Waals surface area contributed by atoms with Crippen LogP contribution in [0.3, 0.4) is 0 Å². The first-order valence-electron chi connectivity index (χ1n) is 7.12. The molecule has 106 valence electrons. The number of rotatable bonds is 4. The Balaban J connectivity index is 2.10. The van der Waals surface area contributed by atoms with E-state index in [0.29, 0.717) is 17.5 Å². The summed E-state index contributed by atoms with van der Waals surface area (Å²) in [6.45, 7) is 4.94. The summed E-state index contributed by atoms with van der Waals surface area (Å²) in [6, 6.07) is 7.73. The first kappa shape index (κ1) is 14.6. The highest BCUT2D eigenvalue weighted by Gasteiger charge is 2.33. The van der Waals surface area contributed by atoms with E-state index in [-0.39, 0.29) is 12.5 Å². The summed E-state index contributed by atoms with van der Waals surface area (Å²) >= 11 is 0. The van der Waals surface area contributed by atoms with Crippen molar-refractivity contribution in [3.63, 3.8) is 0 Å². The molecule has 0 saturated heterocycles. The Bertz CT molecular complexity index is 518. The lowest BCUT2D eigenvalue weighted by molar-refractivity contribution is 0.0722. The van der Waals surface area contributed by atoms with Crippen LogP contribution in [0.25, 0.3) is 0 Å². The van der Waals surface area contributed by atoms with Gasteiger partial charge in [0.2, 0.25) is 0 Å². The van der Waals surface area contributed by atoms with Gasteiger partial charge in [-0.2, -0.15) is 0 Å². The van der Waals surface area contributed by atoms with Gasteiger partial charge in [0.1, 0.15) is 6.61 Å². The van der Waals surface area contributed by atoms with Crippen molar-refractivity contribution in [1.82, 2.24) is 4.90 Å². The van der Waals surface area contributed by atoms with Crippen LogP contribution in [0, 0.1) is 17.8 Å². The second kappa shape index (κ2) is 6.58. The van der Waals surface area contributed by atoms with E-state index in [4.69, 9.17) is 5.11 Å². The molecule has 1 saturated carbocycles. The molecule has 0 unspecified atom stereocenters. The molecule has 1 aliphatic carbocycles. The first-order valence-corrected chi connectivity index (χ1v) is 7.12. The van der Waals surface area contributed by atoms with E-state index >= 15 is 0 Å². The fourth-order valence-electron chi connectivity index (χ4n) is 2.18. The number of nitrogens with zero attached hydrogens (tertiary/aromatic N) is 1. The average Bonchev–Trinajstić information content (AvgIpc) is 3.26. The maximum Gasteiger partial charge on any atom is 0.254 e. The Labute approximate surface area is 120 Å². The maximum atomic E-state index is 12.5. The molecule has 1 aromatic rings. The topological polar surface area (TPSA) is 40.5 Å². The number of amides is 1. The van der Waals surface area contributed by atoms with Gasteiger partial charge in [-0.05, 0) is 43.0 Å². The van der Waals surface area contributed by atoms with Gasteiger partial charge < -0.3 is 10.0 Å². The second-order valence-corrected chi connectivity index (χ2v) is 5.62. The predicted octanol–water partition coefficient (Wildman–Crippen LogP) is 2.29. The molecule has 0 aromatic heterocycles. The van der Waals surface area contributed by atoms with E-state index in [0.717, 1.165) is 24.9 Å². The van der Waals surface area contributed by atoms with E-state index in [2.05, 4.69) is 25.7 Å². The molecule has 0 radical (unpaired) electrons. The smallest absolute Gasteiger partial charge is 0.254 e. The quantitative estimate of drug-likeness (QED) is 0.854. The van der Waals surface area contributed by atoms with Crippen LogP contribution in [0.4, 0.5) is 0 Å². The van der Waals surface area contributed by atoms with Crippen molar-refractivity contribution in [2.24, 2.45) is 5.92 Å². The third-order valence-electron chi connectivity index (χ3n) is 3.25. The molecule has 3 nitrogen and oxygen atoms in total. The summed E-state index contributed by atoms with van der Waals surface area (Å²) in [4.78, 5) is 14.5. The van der Waals surface area contributed by atoms with Crippen molar-refractivity contribution in [2.75, 3.05) is 13.2 Å². The molecular weight excluding hydrogens is 250 g/mol. The molecule has 0 heterocycles. The van der Waals surface area contributed by atoms with Gasteiger partial charge >= 0.3 is 0 Å². The number of carbonyl (C=O) groups is 1. The molecule has 2 rings (SSSR count). The molecule has 1 amide bonds. The van der Waals surface area contributed by atoms with Gasteiger partial charge in [0, 0.05) is 23.7 Å². The van der Waals surface area contributed by atoms with Crippen LogP contribution in [-0.2, 0) is 0 Å². The van der Waals surface area contributed by atoms with Crippen molar-refractivity contribution < 1.29 is 9.90 Å².